The lowest BCUT2D eigenvalue weighted by Crippen LogP contribution is -2.29. The molecule has 0 bridgehead atoms. The number of hydrogen-bond donors (Lipinski definition) is 2. The molecular formula is C13H25N3O2S2. The lowest BCUT2D eigenvalue weighted by Gasteiger charge is -2.11. The summed E-state index contributed by atoms with van der Waals surface area (Å²) in [6, 6.07) is -0.253. The van der Waals surface area contributed by atoms with E-state index >= 15 is 0 Å². The monoisotopic (exact) mass is 319 g/mol. The van der Waals surface area contributed by atoms with Crippen molar-refractivity contribution in [3.8, 4) is 0 Å². The zero-order valence-electron chi connectivity index (χ0n) is 12.5. The summed E-state index contributed by atoms with van der Waals surface area (Å²) in [5.41, 5.74) is 0. The van der Waals surface area contributed by atoms with Crippen LogP contribution in [0.1, 0.15) is 49.0 Å². The fourth-order valence-electron chi connectivity index (χ4n) is 1.79. The second-order valence-corrected chi connectivity index (χ2v) is 8.06. The van der Waals surface area contributed by atoms with Crippen molar-refractivity contribution < 1.29 is 8.42 Å². The Kier molecular flexibility index (Phi) is 7.65. The molecule has 0 aliphatic carbocycles. The molecular weight excluding hydrogens is 294 g/mol. The molecule has 7 heteroatoms. The van der Waals surface area contributed by atoms with Crippen LogP contribution in [0.15, 0.2) is 6.20 Å². The summed E-state index contributed by atoms with van der Waals surface area (Å²) in [4.78, 5) is 5.30. The third-order valence-corrected chi connectivity index (χ3v) is 5.44. The Hall–Kier alpha value is -0.500. The van der Waals surface area contributed by atoms with E-state index in [4.69, 9.17) is 0 Å². The Balaban J connectivity index is 2.30. The van der Waals surface area contributed by atoms with Gasteiger partial charge in [0.25, 0.3) is 0 Å². The van der Waals surface area contributed by atoms with Gasteiger partial charge in [-0.05, 0) is 46.2 Å². The summed E-state index contributed by atoms with van der Waals surface area (Å²) in [5, 5.41) is 4.08. The zero-order chi connectivity index (χ0) is 15.0. The van der Waals surface area contributed by atoms with E-state index in [0.29, 0.717) is 6.42 Å². The van der Waals surface area contributed by atoms with Crippen LogP contribution in [0.5, 0.6) is 0 Å². The Morgan fingerprint density at radius 2 is 2.10 bits per heavy atom. The molecule has 1 heterocycles. The van der Waals surface area contributed by atoms with E-state index in [1.807, 2.05) is 13.8 Å². The number of rotatable bonds is 10. The molecule has 1 aromatic rings. The Morgan fingerprint density at radius 1 is 1.35 bits per heavy atom. The standard InChI is InChI=1S/C13H25N3O2S2/c1-4-7-14-8-5-6-9-20(17,18)16-12(3)13-15-10-11(2)19-13/h10,12,14,16H,4-9H2,1-3H3. The first kappa shape index (κ1) is 17.6. The van der Waals surface area contributed by atoms with Crippen molar-refractivity contribution in [1.29, 1.82) is 0 Å². The van der Waals surface area contributed by atoms with Crippen molar-refractivity contribution in [2.75, 3.05) is 18.8 Å². The Labute approximate surface area is 126 Å². The molecule has 0 aromatic carbocycles. The predicted octanol–water partition coefficient (Wildman–Crippen LogP) is 2.21. The molecule has 1 rings (SSSR count). The number of nitrogens with one attached hydrogen (secondary N) is 2. The van der Waals surface area contributed by atoms with Gasteiger partial charge in [-0.1, -0.05) is 6.92 Å². The second-order valence-electron chi connectivity index (χ2n) is 4.92. The lowest BCUT2D eigenvalue weighted by atomic mass is 10.3. The van der Waals surface area contributed by atoms with E-state index in [2.05, 4.69) is 21.9 Å². The Bertz CT molecular complexity index is 486. The number of nitrogens with zero attached hydrogens (tertiary/aromatic N) is 1. The number of hydrogen-bond acceptors (Lipinski definition) is 5. The Morgan fingerprint density at radius 3 is 2.70 bits per heavy atom. The summed E-state index contributed by atoms with van der Waals surface area (Å²) >= 11 is 1.53. The molecule has 5 nitrogen and oxygen atoms in total. The molecule has 0 aliphatic rings. The molecule has 0 saturated carbocycles. The van der Waals surface area contributed by atoms with Crippen molar-refractivity contribution in [2.24, 2.45) is 0 Å². The average molecular weight is 319 g/mol. The molecule has 1 aromatic heterocycles. The predicted molar refractivity (Wildman–Crippen MR) is 84.6 cm³/mol. The smallest absolute Gasteiger partial charge is 0.212 e. The number of sulfonamides is 1. The van der Waals surface area contributed by atoms with Gasteiger partial charge in [-0.25, -0.2) is 18.1 Å². The summed E-state index contributed by atoms with van der Waals surface area (Å²) in [7, 11) is -3.22. The first-order valence-corrected chi connectivity index (χ1v) is 9.54. The van der Waals surface area contributed by atoms with Gasteiger partial charge in [0, 0.05) is 11.1 Å². The van der Waals surface area contributed by atoms with Gasteiger partial charge < -0.3 is 5.32 Å². The first-order valence-electron chi connectivity index (χ1n) is 7.07. The highest BCUT2D eigenvalue weighted by Crippen LogP contribution is 2.19. The van der Waals surface area contributed by atoms with Crippen LogP contribution < -0.4 is 10.0 Å². The minimum absolute atomic E-state index is 0.176. The van der Waals surface area contributed by atoms with Gasteiger partial charge in [0.1, 0.15) is 5.01 Å². The fourth-order valence-corrected chi connectivity index (χ4v) is 4.00. The lowest BCUT2D eigenvalue weighted by molar-refractivity contribution is 0.559. The molecule has 0 spiro atoms. The number of unbranched alkanes of at least 4 members (excludes halogenated alkanes) is 1. The maximum atomic E-state index is 12.0. The molecule has 2 N–H and O–H groups in total. The highest BCUT2D eigenvalue weighted by Gasteiger charge is 2.17. The van der Waals surface area contributed by atoms with Crippen LogP contribution in [0.4, 0.5) is 0 Å². The van der Waals surface area contributed by atoms with Crippen LogP contribution in [0.3, 0.4) is 0 Å². The van der Waals surface area contributed by atoms with Crippen molar-refractivity contribution >= 4 is 21.4 Å². The third-order valence-electron chi connectivity index (χ3n) is 2.81. The van der Waals surface area contributed by atoms with Crippen molar-refractivity contribution in [2.45, 2.75) is 46.1 Å². The zero-order valence-corrected chi connectivity index (χ0v) is 14.1. The molecule has 1 unspecified atom stereocenters. The SMILES string of the molecule is CCCNCCCCS(=O)(=O)NC(C)c1ncc(C)s1. The van der Waals surface area contributed by atoms with Crippen LogP contribution in [0, 0.1) is 6.92 Å². The quantitative estimate of drug-likeness (QED) is 0.649. The van der Waals surface area contributed by atoms with E-state index in [9.17, 15) is 8.42 Å². The largest absolute Gasteiger partial charge is 0.317 e. The molecule has 116 valence electrons. The molecule has 0 radical (unpaired) electrons. The van der Waals surface area contributed by atoms with Crippen LogP contribution in [-0.2, 0) is 10.0 Å². The van der Waals surface area contributed by atoms with Gasteiger partial charge in [-0.15, -0.1) is 11.3 Å². The van der Waals surface area contributed by atoms with Crippen molar-refractivity contribution in [3.63, 3.8) is 0 Å². The molecule has 1 atom stereocenters. The normalized spacial score (nSPS) is 13.6. The molecule has 0 fully saturated rings. The maximum Gasteiger partial charge on any atom is 0.212 e. The average Bonchev–Trinajstić information content (AvgIpc) is 2.80. The van der Waals surface area contributed by atoms with Gasteiger partial charge >= 0.3 is 0 Å². The van der Waals surface area contributed by atoms with E-state index in [-0.39, 0.29) is 11.8 Å². The third kappa shape index (κ3) is 6.78. The van der Waals surface area contributed by atoms with Crippen LogP contribution in [-0.4, -0.2) is 32.2 Å². The molecule has 0 aliphatic heterocycles. The minimum atomic E-state index is -3.22. The summed E-state index contributed by atoms with van der Waals surface area (Å²) in [6.45, 7) is 7.78. The van der Waals surface area contributed by atoms with Crippen LogP contribution >= 0.6 is 11.3 Å². The van der Waals surface area contributed by atoms with Crippen molar-refractivity contribution in [1.82, 2.24) is 15.0 Å². The van der Waals surface area contributed by atoms with Gasteiger partial charge in [0.15, 0.2) is 0 Å². The summed E-state index contributed by atoms with van der Waals surface area (Å²) < 4.78 is 26.6. The summed E-state index contributed by atoms with van der Waals surface area (Å²) in [6.07, 6.45) is 4.43. The number of thiazole rings is 1. The molecule has 0 amide bonds. The van der Waals surface area contributed by atoms with Gasteiger partial charge in [0.2, 0.25) is 10.0 Å². The van der Waals surface area contributed by atoms with E-state index in [0.717, 1.165) is 35.8 Å². The maximum absolute atomic E-state index is 12.0. The molecule has 20 heavy (non-hydrogen) atoms. The minimum Gasteiger partial charge on any atom is -0.317 e. The van der Waals surface area contributed by atoms with Gasteiger partial charge in [-0.3, -0.25) is 0 Å². The van der Waals surface area contributed by atoms with Crippen LogP contribution in [0.2, 0.25) is 0 Å². The fraction of sp³-hybridized carbons (Fsp3) is 0.769. The van der Waals surface area contributed by atoms with Crippen LogP contribution in [0.25, 0.3) is 0 Å². The topological polar surface area (TPSA) is 71.1 Å². The highest BCUT2D eigenvalue weighted by atomic mass is 32.2. The summed E-state index contributed by atoms with van der Waals surface area (Å²) in [5.74, 6) is 0.176. The number of aromatic nitrogens is 1. The van der Waals surface area contributed by atoms with E-state index in [1.165, 1.54) is 11.3 Å². The second kappa shape index (κ2) is 8.71. The van der Waals surface area contributed by atoms with Gasteiger partial charge in [0.05, 0.1) is 11.8 Å². The van der Waals surface area contributed by atoms with E-state index < -0.39 is 10.0 Å². The first-order chi connectivity index (χ1) is 9.44. The highest BCUT2D eigenvalue weighted by molar-refractivity contribution is 7.89. The van der Waals surface area contributed by atoms with Crippen molar-refractivity contribution in [3.05, 3.63) is 16.1 Å². The van der Waals surface area contributed by atoms with Gasteiger partial charge in [-0.2, -0.15) is 0 Å². The van der Waals surface area contributed by atoms with E-state index in [1.54, 1.807) is 6.20 Å². The molecule has 0 saturated heterocycles. The number of aryl methyl sites for hydroxylation is 1.